The lowest BCUT2D eigenvalue weighted by Gasteiger charge is -2.42. The molecule has 1 rings (SSSR count). The van der Waals surface area contributed by atoms with Crippen molar-refractivity contribution in [3.05, 3.63) is 0 Å². The number of halogens is 2. The summed E-state index contributed by atoms with van der Waals surface area (Å²) >= 11 is 0. The molecule has 0 bridgehead atoms. The summed E-state index contributed by atoms with van der Waals surface area (Å²) in [6.45, 7) is 8.22. The third-order valence-corrected chi connectivity index (χ3v) is 3.73. The van der Waals surface area contributed by atoms with Crippen molar-refractivity contribution in [1.82, 2.24) is 5.32 Å². The first kappa shape index (κ1) is 13.9. The molecule has 1 aliphatic carbocycles. The largest absolute Gasteiger partial charge is 0.306 e. The van der Waals surface area contributed by atoms with Crippen molar-refractivity contribution in [1.29, 1.82) is 0 Å². The Balaban J connectivity index is 2.60. The van der Waals surface area contributed by atoms with Gasteiger partial charge in [-0.2, -0.15) is 0 Å². The molecule has 96 valence electrons. The van der Waals surface area contributed by atoms with Crippen molar-refractivity contribution in [2.45, 2.75) is 71.9 Å². The van der Waals surface area contributed by atoms with Crippen LogP contribution in [0.5, 0.6) is 0 Å². The Hall–Kier alpha value is -0.180. The zero-order chi connectivity index (χ0) is 12.3. The second kappa shape index (κ2) is 5.44. The quantitative estimate of drug-likeness (QED) is 0.781. The van der Waals surface area contributed by atoms with E-state index in [1.54, 1.807) is 6.92 Å². The van der Waals surface area contributed by atoms with Crippen molar-refractivity contribution in [2.75, 3.05) is 0 Å². The summed E-state index contributed by atoms with van der Waals surface area (Å²) in [5, 5.41) is 3.12. The van der Waals surface area contributed by atoms with Crippen molar-refractivity contribution in [3.63, 3.8) is 0 Å². The molecule has 1 saturated carbocycles. The van der Waals surface area contributed by atoms with Gasteiger partial charge in [0.15, 0.2) is 0 Å². The first-order valence-corrected chi connectivity index (χ1v) is 6.36. The lowest BCUT2D eigenvalue weighted by molar-refractivity contribution is 0.0676. The Morgan fingerprint density at radius 1 is 1.12 bits per heavy atom. The molecule has 1 aliphatic rings. The molecule has 0 heterocycles. The Morgan fingerprint density at radius 2 is 1.69 bits per heavy atom. The Kier molecular flexibility index (Phi) is 4.72. The van der Waals surface area contributed by atoms with Gasteiger partial charge in [0.05, 0.1) is 6.04 Å². The van der Waals surface area contributed by atoms with E-state index in [0.29, 0.717) is 5.92 Å². The van der Waals surface area contributed by atoms with Crippen LogP contribution in [0.3, 0.4) is 0 Å². The standard InChI is InChI=1S/C13H25F2N/c1-9(12(14)15)16-11-8-6-5-7-10(11)13(2,3)4/h9-12,16H,5-8H2,1-4H3. The number of alkyl halides is 2. The van der Waals surface area contributed by atoms with Gasteiger partial charge in [0, 0.05) is 6.04 Å². The maximum atomic E-state index is 12.5. The summed E-state index contributed by atoms with van der Waals surface area (Å²) < 4.78 is 25.1. The topological polar surface area (TPSA) is 12.0 Å². The van der Waals surface area contributed by atoms with E-state index in [-0.39, 0.29) is 11.5 Å². The van der Waals surface area contributed by atoms with Crippen LogP contribution in [-0.4, -0.2) is 18.5 Å². The molecule has 0 saturated heterocycles. The van der Waals surface area contributed by atoms with E-state index in [2.05, 4.69) is 26.1 Å². The Labute approximate surface area is 98.0 Å². The van der Waals surface area contributed by atoms with Gasteiger partial charge in [0.25, 0.3) is 6.43 Å². The predicted octanol–water partition coefficient (Wildman–Crippen LogP) is 3.83. The summed E-state index contributed by atoms with van der Waals surface area (Å²) in [6.07, 6.45) is 2.35. The van der Waals surface area contributed by atoms with Crippen LogP contribution in [-0.2, 0) is 0 Å². The lowest BCUT2D eigenvalue weighted by Crippen LogP contribution is -2.49. The highest BCUT2D eigenvalue weighted by molar-refractivity contribution is 4.89. The molecular weight excluding hydrogens is 208 g/mol. The second-order valence-corrected chi connectivity index (χ2v) is 6.15. The molecule has 3 atom stereocenters. The average Bonchev–Trinajstić information content (AvgIpc) is 2.16. The van der Waals surface area contributed by atoms with Gasteiger partial charge in [-0.3, -0.25) is 0 Å². The lowest BCUT2D eigenvalue weighted by atomic mass is 9.69. The molecule has 1 fully saturated rings. The van der Waals surface area contributed by atoms with Gasteiger partial charge >= 0.3 is 0 Å². The van der Waals surface area contributed by atoms with Crippen molar-refractivity contribution >= 4 is 0 Å². The van der Waals surface area contributed by atoms with Gasteiger partial charge in [0.2, 0.25) is 0 Å². The minimum atomic E-state index is -2.26. The Bertz CT molecular complexity index is 210. The summed E-state index contributed by atoms with van der Waals surface area (Å²) in [5.41, 5.74) is 0.208. The molecule has 16 heavy (non-hydrogen) atoms. The van der Waals surface area contributed by atoms with Crippen LogP contribution in [0.2, 0.25) is 0 Å². The van der Waals surface area contributed by atoms with E-state index in [1.165, 1.54) is 12.8 Å². The van der Waals surface area contributed by atoms with Gasteiger partial charge in [-0.1, -0.05) is 33.6 Å². The fraction of sp³-hybridized carbons (Fsp3) is 1.00. The van der Waals surface area contributed by atoms with E-state index < -0.39 is 12.5 Å². The summed E-state index contributed by atoms with van der Waals surface area (Å²) in [4.78, 5) is 0. The molecule has 0 aromatic heterocycles. The summed E-state index contributed by atoms with van der Waals surface area (Å²) in [7, 11) is 0. The molecule has 0 aromatic rings. The molecule has 1 N–H and O–H groups in total. The molecule has 0 aromatic carbocycles. The van der Waals surface area contributed by atoms with E-state index >= 15 is 0 Å². The van der Waals surface area contributed by atoms with Crippen LogP contribution in [0.4, 0.5) is 8.78 Å². The van der Waals surface area contributed by atoms with Gasteiger partial charge in [-0.05, 0) is 31.1 Å². The second-order valence-electron chi connectivity index (χ2n) is 6.15. The smallest absolute Gasteiger partial charge is 0.253 e. The van der Waals surface area contributed by atoms with Crippen molar-refractivity contribution < 1.29 is 8.78 Å². The maximum Gasteiger partial charge on any atom is 0.253 e. The van der Waals surface area contributed by atoms with Crippen molar-refractivity contribution in [2.24, 2.45) is 11.3 Å². The summed E-state index contributed by atoms with van der Waals surface area (Å²) in [6, 6.07) is -0.425. The minimum Gasteiger partial charge on any atom is -0.306 e. The predicted molar refractivity (Wildman–Crippen MR) is 63.8 cm³/mol. The fourth-order valence-electron chi connectivity index (χ4n) is 2.78. The summed E-state index contributed by atoms with van der Waals surface area (Å²) in [5.74, 6) is 0.516. The van der Waals surface area contributed by atoms with Crippen LogP contribution < -0.4 is 5.32 Å². The van der Waals surface area contributed by atoms with Crippen LogP contribution in [0.1, 0.15) is 53.4 Å². The third-order valence-electron chi connectivity index (χ3n) is 3.73. The highest BCUT2D eigenvalue weighted by Crippen LogP contribution is 2.38. The van der Waals surface area contributed by atoms with Crippen LogP contribution in [0.25, 0.3) is 0 Å². The molecule has 3 heteroatoms. The first-order valence-electron chi connectivity index (χ1n) is 6.36. The fourth-order valence-corrected chi connectivity index (χ4v) is 2.78. The average molecular weight is 233 g/mol. The zero-order valence-corrected chi connectivity index (χ0v) is 10.9. The molecular formula is C13H25F2N. The molecule has 0 aliphatic heterocycles. The molecule has 0 radical (unpaired) electrons. The molecule has 3 unspecified atom stereocenters. The molecule has 1 nitrogen and oxygen atoms in total. The zero-order valence-electron chi connectivity index (χ0n) is 10.9. The van der Waals surface area contributed by atoms with Gasteiger partial charge < -0.3 is 5.32 Å². The van der Waals surface area contributed by atoms with Crippen LogP contribution in [0, 0.1) is 11.3 Å². The van der Waals surface area contributed by atoms with Gasteiger partial charge in [0.1, 0.15) is 0 Å². The maximum absolute atomic E-state index is 12.5. The first-order chi connectivity index (χ1) is 7.32. The highest BCUT2D eigenvalue weighted by atomic mass is 19.3. The minimum absolute atomic E-state index is 0.208. The monoisotopic (exact) mass is 233 g/mol. The third kappa shape index (κ3) is 3.69. The number of rotatable bonds is 3. The van der Waals surface area contributed by atoms with Crippen LogP contribution in [0.15, 0.2) is 0 Å². The highest BCUT2D eigenvalue weighted by Gasteiger charge is 2.35. The van der Waals surface area contributed by atoms with Gasteiger partial charge in [-0.25, -0.2) is 8.78 Å². The molecule has 0 amide bonds. The SMILES string of the molecule is CC(NC1CCCCC1C(C)(C)C)C(F)F. The normalized spacial score (nSPS) is 29.4. The van der Waals surface area contributed by atoms with Crippen LogP contribution >= 0.6 is 0 Å². The number of hydrogen-bond acceptors (Lipinski definition) is 1. The van der Waals surface area contributed by atoms with Gasteiger partial charge in [-0.15, -0.1) is 0 Å². The van der Waals surface area contributed by atoms with E-state index in [1.807, 2.05) is 0 Å². The van der Waals surface area contributed by atoms with Crippen molar-refractivity contribution in [3.8, 4) is 0 Å². The van der Waals surface area contributed by atoms with E-state index in [0.717, 1.165) is 12.8 Å². The van der Waals surface area contributed by atoms with E-state index in [4.69, 9.17) is 0 Å². The Morgan fingerprint density at radius 3 is 2.19 bits per heavy atom. The molecule has 0 spiro atoms. The number of nitrogens with one attached hydrogen (secondary N) is 1. The van der Waals surface area contributed by atoms with E-state index in [9.17, 15) is 8.78 Å². The number of hydrogen-bond donors (Lipinski definition) is 1.